The lowest BCUT2D eigenvalue weighted by Gasteiger charge is -2.18. The van der Waals surface area contributed by atoms with Crippen LogP contribution >= 0.6 is 0 Å². The van der Waals surface area contributed by atoms with Gasteiger partial charge in [0.05, 0.1) is 29.4 Å². The predicted molar refractivity (Wildman–Crippen MR) is 66.6 cm³/mol. The van der Waals surface area contributed by atoms with Crippen LogP contribution in [0, 0.1) is 21.4 Å². The van der Waals surface area contributed by atoms with E-state index in [1.54, 1.807) is 0 Å². The molecule has 100 valence electrons. The first-order valence-electron chi connectivity index (χ1n) is 6.09. The quantitative estimate of drug-likeness (QED) is 0.455. The van der Waals surface area contributed by atoms with Crippen molar-refractivity contribution in [1.29, 1.82) is 5.26 Å². The third kappa shape index (κ3) is 3.39. The Bertz CT molecular complexity index is 527. The SMILES string of the molecule is N#CCCN(CC(=O)c1cc([N+](=O)[O-])c[nH]1)C1CC1. The van der Waals surface area contributed by atoms with Gasteiger partial charge in [0.25, 0.3) is 5.69 Å². The highest BCUT2D eigenvalue weighted by molar-refractivity contribution is 5.96. The van der Waals surface area contributed by atoms with Crippen LogP contribution in [0.4, 0.5) is 5.69 Å². The second-order valence-corrected chi connectivity index (χ2v) is 4.56. The summed E-state index contributed by atoms with van der Waals surface area (Å²) in [5.74, 6) is -0.182. The Morgan fingerprint density at radius 1 is 1.63 bits per heavy atom. The van der Waals surface area contributed by atoms with Crippen molar-refractivity contribution in [3.63, 3.8) is 0 Å². The number of carbonyl (C=O) groups excluding carboxylic acids is 1. The highest BCUT2D eigenvalue weighted by Crippen LogP contribution is 2.27. The highest BCUT2D eigenvalue weighted by atomic mass is 16.6. The van der Waals surface area contributed by atoms with Gasteiger partial charge in [0.1, 0.15) is 0 Å². The molecular formula is C12H14N4O3. The number of nitrogens with zero attached hydrogens (tertiary/aromatic N) is 3. The molecule has 1 saturated carbocycles. The van der Waals surface area contributed by atoms with E-state index in [2.05, 4.69) is 11.1 Å². The summed E-state index contributed by atoms with van der Waals surface area (Å²) in [6.07, 6.45) is 3.69. The molecule has 0 radical (unpaired) electrons. The number of Topliss-reactive ketones (excluding diaryl/α,β-unsaturated/α-hetero) is 1. The molecule has 1 heterocycles. The number of nitriles is 1. The van der Waals surface area contributed by atoms with E-state index in [0.717, 1.165) is 12.8 Å². The van der Waals surface area contributed by atoms with E-state index < -0.39 is 4.92 Å². The van der Waals surface area contributed by atoms with Crippen molar-refractivity contribution < 1.29 is 9.72 Å². The summed E-state index contributed by atoms with van der Waals surface area (Å²) in [5.41, 5.74) is 0.132. The first-order valence-corrected chi connectivity index (χ1v) is 6.09. The molecule has 1 aliphatic carbocycles. The molecule has 1 fully saturated rings. The van der Waals surface area contributed by atoms with Crippen molar-refractivity contribution in [3.8, 4) is 6.07 Å². The van der Waals surface area contributed by atoms with Gasteiger partial charge in [-0.15, -0.1) is 0 Å². The maximum absolute atomic E-state index is 12.0. The molecule has 0 amide bonds. The molecule has 1 aliphatic rings. The average molecular weight is 262 g/mol. The van der Waals surface area contributed by atoms with E-state index in [1.165, 1.54) is 12.3 Å². The van der Waals surface area contributed by atoms with Gasteiger partial charge in [-0.2, -0.15) is 5.26 Å². The number of ketones is 1. The third-order valence-corrected chi connectivity index (χ3v) is 3.10. The van der Waals surface area contributed by atoms with Crippen molar-refractivity contribution in [3.05, 3.63) is 28.1 Å². The molecule has 7 nitrogen and oxygen atoms in total. The topological polar surface area (TPSA) is 103 Å². The lowest BCUT2D eigenvalue weighted by molar-refractivity contribution is -0.384. The lowest BCUT2D eigenvalue weighted by atomic mass is 10.2. The van der Waals surface area contributed by atoms with Crippen LogP contribution in [0.2, 0.25) is 0 Å². The van der Waals surface area contributed by atoms with Gasteiger partial charge in [0, 0.05) is 25.1 Å². The Hall–Kier alpha value is -2.20. The van der Waals surface area contributed by atoms with Crippen molar-refractivity contribution in [2.75, 3.05) is 13.1 Å². The highest BCUT2D eigenvalue weighted by Gasteiger charge is 2.30. The minimum Gasteiger partial charge on any atom is -0.353 e. The summed E-state index contributed by atoms with van der Waals surface area (Å²) in [6.45, 7) is 0.764. The summed E-state index contributed by atoms with van der Waals surface area (Å²) in [5, 5.41) is 19.1. The van der Waals surface area contributed by atoms with E-state index in [1.807, 2.05) is 4.90 Å². The molecule has 0 spiro atoms. The number of carbonyl (C=O) groups is 1. The average Bonchev–Trinajstić information content (AvgIpc) is 3.09. The van der Waals surface area contributed by atoms with Gasteiger partial charge >= 0.3 is 0 Å². The van der Waals surface area contributed by atoms with E-state index in [0.29, 0.717) is 19.0 Å². The molecule has 1 N–H and O–H groups in total. The molecule has 1 aromatic heterocycles. The Balaban J connectivity index is 1.98. The summed E-state index contributed by atoms with van der Waals surface area (Å²) in [6, 6.07) is 3.69. The standard InChI is InChI=1S/C12H14N4O3/c13-4-1-5-15(9-2-3-9)8-12(17)11-6-10(7-14-11)16(18)19/h6-7,9,14H,1-3,5,8H2. The number of H-pyrrole nitrogens is 1. The van der Waals surface area contributed by atoms with Gasteiger partial charge in [-0.25, -0.2) is 0 Å². The van der Waals surface area contributed by atoms with Crippen molar-refractivity contribution in [1.82, 2.24) is 9.88 Å². The van der Waals surface area contributed by atoms with Crippen molar-refractivity contribution in [2.24, 2.45) is 0 Å². The van der Waals surface area contributed by atoms with Gasteiger partial charge < -0.3 is 4.98 Å². The smallest absolute Gasteiger partial charge is 0.287 e. The molecule has 19 heavy (non-hydrogen) atoms. The summed E-state index contributed by atoms with van der Waals surface area (Å²) in [4.78, 5) is 26.6. The number of rotatable bonds is 7. The first kappa shape index (κ1) is 13.2. The molecular weight excluding hydrogens is 248 g/mol. The fourth-order valence-electron chi connectivity index (χ4n) is 1.94. The van der Waals surface area contributed by atoms with Crippen LogP contribution in [0.3, 0.4) is 0 Å². The zero-order chi connectivity index (χ0) is 13.8. The molecule has 7 heteroatoms. The summed E-state index contributed by atoms with van der Waals surface area (Å²) < 4.78 is 0. The second kappa shape index (κ2) is 5.63. The second-order valence-electron chi connectivity index (χ2n) is 4.56. The number of hydrogen-bond acceptors (Lipinski definition) is 5. The van der Waals surface area contributed by atoms with Gasteiger partial charge in [-0.1, -0.05) is 0 Å². The molecule has 0 aromatic carbocycles. The predicted octanol–water partition coefficient (Wildman–Crippen LogP) is 1.48. The third-order valence-electron chi connectivity index (χ3n) is 3.10. The Kier molecular flexibility index (Phi) is 3.92. The largest absolute Gasteiger partial charge is 0.353 e. The van der Waals surface area contributed by atoms with E-state index in [-0.39, 0.29) is 23.7 Å². The minimum atomic E-state index is -0.540. The maximum atomic E-state index is 12.0. The number of nitro groups is 1. The van der Waals surface area contributed by atoms with Gasteiger partial charge in [-0.05, 0) is 12.8 Å². The Morgan fingerprint density at radius 3 is 2.89 bits per heavy atom. The Labute approximate surface area is 110 Å². The van der Waals surface area contributed by atoms with E-state index in [4.69, 9.17) is 5.26 Å². The minimum absolute atomic E-state index is 0.113. The summed E-state index contributed by atoms with van der Waals surface area (Å²) >= 11 is 0. The molecule has 0 aliphatic heterocycles. The van der Waals surface area contributed by atoms with E-state index >= 15 is 0 Å². The summed E-state index contributed by atoms with van der Waals surface area (Å²) in [7, 11) is 0. The van der Waals surface area contributed by atoms with Crippen LogP contribution in [-0.4, -0.2) is 39.7 Å². The monoisotopic (exact) mass is 262 g/mol. The van der Waals surface area contributed by atoms with Gasteiger partial charge in [0.2, 0.25) is 0 Å². The maximum Gasteiger partial charge on any atom is 0.287 e. The number of aromatic amines is 1. The van der Waals surface area contributed by atoms with Crippen LogP contribution < -0.4 is 0 Å². The van der Waals surface area contributed by atoms with Crippen LogP contribution in [0.15, 0.2) is 12.3 Å². The number of nitrogens with one attached hydrogen (secondary N) is 1. The van der Waals surface area contributed by atoms with Crippen LogP contribution in [0.5, 0.6) is 0 Å². The van der Waals surface area contributed by atoms with Crippen LogP contribution in [0.25, 0.3) is 0 Å². The molecule has 1 aromatic rings. The zero-order valence-electron chi connectivity index (χ0n) is 10.3. The van der Waals surface area contributed by atoms with Gasteiger partial charge in [0.15, 0.2) is 5.78 Å². The zero-order valence-corrected chi connectivity index (χ0v) is 10.3. The molecule has 0 unspecified atom stereocenters. The molecule has 0 atom stereocenters. The number of aromatic nitrogens is 1. The Morgan fingerprint density at radius 2 is 2.37 bits per heavy atom. The van der Waals surface area contributed by atoms with Crippen molar-refractivity contribution in [2.45, 2.75) is 25.3 Å². The van der Waals surface area contributed by atoms with E-state index in [9.17, 15) is 14.9 Å². The van der Waals surface area contributed by atoms with Crippen molar-refractivity contribution >= 4 is 11.5 Å². The van der Waals surface area contributed by atoms with Crippen LogP contribution in [0.1, 0.15) is 29.8 Å². The molecule has 0 saturated heterocycles. The molecule has 0 bridgehead atoms. The first-order chi connectivity index (χ1) is 9.11. The fourth-order valence-corrected chi connectivity index (χ4v) is 1.94. The lowest BCUT2D eigenvalue weighted by Crippen LogP contribution is -2.32. The number of hydrogen-bond donors (Lipinski definition) is 1. The molecule has 2 rings (SSSR count). The normalized spacial score (nSPS) is 14.3. The van der Waals surface area contributed by atoms with Gasteiger partial charge in [-0.3, -0.25) is 19.8 Å². The van der Waals surface area contributed by atoms with Crippen LogP contribution in [-0.2, 0) is 0 Å². The fraction of sp³-hybridized carbons (Fsp3) is 0.500.